The van der Waals surface area contributed by atoms with Gasteiger partial charge in [0.15, 0.2) is 11.9 Å². The normalized spacial score (nSPS) is 11.8. The first-order chi connectivity index (χ1) is 12.5. The second-order valence-electron chi connectivity index (χ2n) is 5.60. The molecule has 0 fully saturated rings. The molecule has 0 N–H and O–H groups in total. The van der Waals surface area contributed by atoms with Gasteiger partial charge in [-0.15, -0.1) is 0 Å². The Morgan fingerprint density at radius 1 is 1.04 bits per heavy atom. The highest BCUT2D eigenvalue weighted by atomic mass is 16.6. The molecule has 26 heavy (non-hydrogen) atoms. The van der Waals surface area contributed by atoms with Gasteiger partial charge in [-0.2, -0.15) is 0 Å². The van der Waals surface area contributed by atoms with Crippen molar-refractivity contribution in [1.29, 1.82) is 0 Å². The third kappa shape index (κ3) is 3.26. The Morgan fingerprint density at radius 3 is 2.38 bits per heavy atom. The number of carbonyl (C=O) groups is 1. The molecule has 0 amide bonds. The molecule has 3 rings (SSSR count). The van der Waals surface area contributed by atoms with E-state index in [0.29, 0.717) is 22.3 Å². The molecule has 0 saturated carbocycles. The fourth-order valence-electron chi connectivity index (χ4n) is 2.56. The quantitative estimate of drug-likeness (QED) is 0.654. The average molecular weight is 354 g/mol. The number of hydrogen-bond acceptors (Lipinski definition) is 6. The minimum atomic E-state index is -0.957. The summed E-state index contributed by atoms with van der Waals surface area (Å²) in [5, 5.41) is 0.372. The summed E-state index contributed by atoms with van der Waals surface area (Å²) >= 11 is 0. The molecule has 0 saturated heterocycles. The van der Waals surface area contributed by atoms with Crippen LogP contribution in [0.2, 0.25) is 0 Å². The molecule has 6 heteroatoms. The molecule has 3 aromatic rings. The first-order valence-electron chi connectivity index (χ1n) is 8.00. The minimum Gasteiger partial charge on any atom is -0.497 e. The molecule has 2 aromatic carbocycles. The van der Waals surface area contributed by atoms with Crippen LogP contribution in [0.1, 0.15) is 6.92 Å². The van der Waals surface area contributed by atoms with Crippen LogP contribution in [0.3, 0.4) is 0 Å². The van der Waals surface area contributed by atoms with Gasteiger partial charge in [-0.25, -0.2) is 4.79 Å². The van der Waals surface area contributed by atoms with E-state index in [1.54, 1.807) is 55.6 Å². The lowest BCUT2D eigenvalue weighted by Crippen LogP contribution is -2.27. The van der Waals surface area contributed by atoms with E-state index in [1.807, 2.05) is 0 Å². The van der Waals surface area contributed by atoms with Gasteiger partial charge in [0.25, 0.3) is 0 Å². The van der Waals surface area contributed by atoms with Crippen LogP contribution in [0.15, 0.2) is 57.7 Å². The number of fused-ring (bicyclic) bond motifs is 1. The molecule has 0 aliphatic carbocycles. The molecule has 0 unspecified atom stereocenters. The Kier molecular flexibility index (Phi) is 4.93. The Labute approximate surface area is 149 Å². The van der Waals surface area contributed by atoms with Crippen LogP contribution in [0.5, 0.6) is 11.5 Å². The predicted octanol–water partition coefficient (Wildman–Crippen LogP) is 3.41. The molecule has 0 spiro atoms. The molecule has 0 aliphatic heterocycles. The zero-order chi connectivity index (χ0) is 18.7. The van der Waals surface area contributed by atoms with Crippen LogP contribution < -0.4 is 14.9 Å². The summed E-state index contributed by atoms with van der Waals surface area (Å²) in [6, 6.07) is 13.9. The minimum absolute atomic E-state index is 0.0354. The van der Waals surface area contributed by atoms with Gasteiger partial charge in [0.2, 0.25) is 11.2 Å². The number of carbonyl (C=O) groups excluding carboxylic acids is 1. The van der Waals surface area contributed by atoms with E-state index in [4.69, 9.17) is 13.9 Å². The molecular weight excluding hydrogens is 336 g/mol. The number of rotatable bonds is 5. The Morgan fingerprint density at radius 2 is 1.73 bits per heavy atom. The van der Waals surface area contributed by atoms with Crippen molar-refractivity contribution >= 4 is 16.9 Å². The van der Waals surface area contributed by atoms with Crippen molar-refractivity contribution in [3.8, 4) is 22.8 Å². The number of methoxy groups -OCH3 is 2. The van der Waals surface area contributed by atoms with Gasteiger partial charge in [0, 0.05) is 5.56 Å². The van der Waals surface area contributed by atoms with E-state index in [9.17, 15) is 9.59 Å². The highest BCUT2D eigenvalue weighted by Gasteiger charge is 2.23. The molecule has 0 bridgehead atoms. The van der Waals surface area contributed by atoms with Crippen molar-refractivity contribution < 1.29 is 23.4 Å². The predicted molar refractivity (Wildman–Crippen MR) is 96.6 cm³/mol. The van der Waals surface area contributed by atoms with Crippen LogP contribution in [0, 0.1) is 0 Å². The van der Waals surface area contributed by atoms with Crippen molar-refractivity contribution in [1.82, 2.24) is 0 Å². The zero-order valence-corrected chi connectivity index (χ0v) is 14.6. The van der Waals surface area contributed by atoms with Crippen LogP contribution in [-0.4, -0.2) is 26.3 Å². The highest BCUT2D eigenvalue weighted by molar-refractivity contribution is 5.82. The third-order valence-electron chi connectivity index (χ3n) is 3.94. The van der Waals surface area contributed by atoms with E-state index in [-0.39, 0.29) is 16.9 Å². The van der Waals surface area contributed by atoms with E-state index in [2.05, 4.69) is 4.74 Å². The van der Waals surface area contributed by atoms with Crippen LogP contribution in [0.25, 0.3) is 22.3 Å². The average Bonchev–Trinajstić information content (AvgIpc) is 2.69. The molecular formula is C20H18O6. The molecule has 1 heterocycles. The largest absolute Gasteiger partial charge is 0.497 e. The number of esters is 1. The number of ether oxygens (including phenoxy) is 3. The summed E-state index contributed by atoms with van der Waals surface area (Å²) in [4.78, 5) is 24.7. The lowest BCUT2D eigenvalue weighted by Gasteiger charge is -2.15. The van der Waals surface area contributed by atoms with Crippen LogP contribution in [-0.2, 0) is 9.53 Å². The Bertz CT molecular complexity index is 987. The van der Waals surface area contributed by atoms with E-state index in [1.165, 1.54) is 14.0 Å². The molecule has 6 nitrogen and oxygen atoms in total. The second kappa shape index (κ2) is 7.31. The number of para-hydroxylation sites is 1. The monoisotopic (exact) mass is 354 g/mol. The summed E-state index contributed by atoms with van der Waals surface area (Å²) in [6.45, 7) is 1.51. The maximum absolute atomic E-state index is 12.9. The van der Waals surface area contributed by atoms with Crippen molar-refractivity contribution in [2.24, 2.45) is 0 Å². The maximum Gasteiger partial charge on any atom is 0.346 e. The second-order valence-corrected chi connectivity index (χ2v) is 5.60. The van der Waals surface area contributed by atoms with Crippen molar-refractivity contribution in [2.75, 3.05) is 14.2 Å². The van der Waals surface area contributed by atoms with Crippen LogP contribution >= 0.6 is 0 Å². The van der Waals surface area contributed by atoms with Gasteiger partial charge in [-0.1, -0.05) is 12.1 Å². The fourth-order valence-corrected chi connectivity index (χ4v) is 2.56. The summed E-state index contributed by atoms with van der Waals surface area (Å²) < 4.78 is 21.4. The van der Waals surface area contributed by atoms with Crippen LogP contribution in [0.4, 0.5) is 0 Å². The topological polar surface area (TPSA) is 75.0 Å². The van der Waals surface area contributed by atoms with Gasteiger partial charge in [0.05, 0.1) is 19.6 Å². The maximum atomic E-state index is 12.9. The van der Waals surface area contributed by atoms with E-state index < -0.39 is 12.1 Å². The van der Waals surface area contributed by atoms with Gasteiger partial charge < -0.3 is 18.6 Å². The third-order valence-corrected chi connectivity index (χ3v) is 3.94. The number of benzene rings is 2. The summed E-state index contributed by atoms with van der Waals surface area (Å²) in [5.41, 5.74) is 0.704. The molecule has 1 aromatic heterocycles. The molecule has 134 valence electrons. The smallest absolute Gasteiger partial charge is 0.346 e. The lowest BCUT2D eigenvalue weighted by molar-refractivity contribution is -0.147. The van der Waals surface area contributed by atoms with Gasteiger partial charge >= 0.3 is 5.97 Å². The first kappa shape index (κ1) is 17.5. The van der Waals surface area contributed by atoms with Gasteiger partial charge in [-0.05, 0) is 43.3 Å². The van der Waals surface area contributed by atoms with Crippen molar-refractivity contribution in [3.63, 3.8) is 0 Å². The fraction of sp³-hybridized carbons (Fsp3) is 0.200. The summed E-state index contributed by atoms with van der Waals surface area (Å²) in [6.07, 6.45) is -0.957. The first-order valence-corrected chi connectivity index (χ1v) is 8.00. The van der Waals surface area contributed by atoms with Crippen molar-refractivity contribution in [2.45, 2.75) is 13.0 Å². The Balaban J connectivity index is 2.19. The molecule has 0 radical (unpaired) electrons. The van der Waals surface area contributed by atoms with E-state index >= 15 is 0 Å². The summed E-state index contributed by atoms with van der Waals surface area (Å²) in [5.74, 6) is 0.291. The SMILES string of the molecule is COC(=O)[C@@H](C)Oc1c(-c2ccc(OC)cc2)oc2ccccc2c1=O. The Hall–Kier alpha value is -3.28. The molecule has 0 aliphatic rings. The highest BCUT2D eigenvalue weighted by Crippen LogP contribution is 2.32. The van der Waals surface area contributed by atoms with Crippen molar-refractivity contribution in [3.05, 3.63) is 58.8 Å². The number of hydrogen-bond donors (Lipinski definition) is 0. The van der Waals surface area contributed by atoms with E-state index in [0.717, 1.165) is 0 Å². The van der Waals surface area contributed by atoms with Gasteiger partial charge in [-0.3, -0.25) is 4.79 Å². The zero-order valence-electron chi connectivity index (χ0n) is 14.6. The standard InChI is InChI=1S/C20H18O6/c1-12(20(22)24-3)25-19-17(21)15-6-4-5-7-16(15)26-18(19)13-8-10-14(23-2)11-9-13/h4-12H,1-3H3/t12-/m1/s1. The lowest BCUT2D eigenvalue weighted by atomic mass is 10.1. The van der Waals surface area contributed by atoms with Gasteiger partial charge in [0.1, 0.15) is 11.3 Å². The summed E-state index contributed by atoms with van der Waals surface area (Å²) in [7, 11) is 2.83. The molecule has 1 atom stereocenters.